The second kappa shape index (κ2) is 7.04. The predicted octanol–water partition coefficient (Wildman–Crippen LogP) is 1.52. The Bertz CT molecular complexity index is 650. The van der Waals surface area contributed by atoms with Gasteiger partial charge in [-0.05, 0) is 32.0 Å². The smallest absolute Gasteiger partial charge is 0.250 e. The molecule has 5 nitrogen and oxygen atoms in total. The molecular formula is C16H21N3O2. The first-order chi connectivity index (χ1) is 10.1. The van der Waals surface area contributed by atoms with Gasteiger partial charge in [0, 0.05) is 30.4 Å². The summed E-state index contributed by atoms with van der Waals surface area (Å²) in [5.41, 5.74) is 7.62. The third kappa shape index (κ3) is 4.43. The molecule has 21 heavy (non-hydrogen) atoms. The first-order valence-electron chi connectivity index (χ1n) is 7.06. The summed E-state index contributed by atoms with van der Waals surface area (Å²) < 4.78 is 7.39. The van der Waals surface area contributed by atoms with Crippen LogP contribution >= 0.6 is 0 Å². The van der Waals surface area contributed by atoms with E-state index >= 15 is 0 Å². The van der Waals surface area contributed by atoms with Gasteiger partial charge < -0.3 is 15.0 Å². The Labute approximate surface area is 124 Å². The van der Waals surface area contributed by atoms with Crippen molar-refractivity contribution in [2.24, 2.45) is 5.73 Å². The Kier molecular flexibility index (Phi) is 5.11. The topological polar surface area (TPSA) is 70.1 Å². The zero-order valence-corrected chi connectivity index (χ0v) is 12.5. The number of nitrogens with zero attached hydrogens (tertiary/aromatic N) is 2. The van der Waals surface area contributed by atoms with Gasteiger partial charge in [-0.25, -0.2) is 0 Å². The second-order valence-electron chi connectivity index (χ2n) is 5.16. The molecule has 2 aromatic heterocycles. The number of ether oxygens (including phenoxy) is 1. The molecule has 0 saturated carbocycles. The third-order valence-corrected chi connectivity index (χ3v) is 3.08. The average Bonchev–Trinajstić information content (AvgIpc) is 2.42. The third-order valence-electron chi connectivity index (χ3n) is 3.08. The van der Waals surface area contributed by atoms with E-state index < -0.39 is 0 Å². The molecule has 0 aliphatic rings. The largest absolute Gasteiger partial charge is 0.490 e. The Morgan fingerprint density at radius 1 is 1.33 bits per heavy atom. The van der Waals surface area contributed by atoms with Crippen LogP contribution in [0.4, 0.5) is 0 Å². The van der Waals surface area contributed by atoms with Crippen molar-refractivity contribution in [1.82, 2.24) is 9.55 Å². The van der Waals surface area contributed by atoms with E-state index in [9.17, 15) is 4.79 Å². The van der Waals surface area contributed by atoms with Gasteiger partial charge >= 0.3 is 0 Å². The number of aryl methyl sites for hydroxylation is 1. The molecule has 0 spiro atoms. The number of hydrogen-bond donors (Lipinski definition) is 1. The van der Waals surface area contributed by atoms with Gasteiger partial charge in [0.2, 0.25) is 0 Å². The zero-order valence-electron chi connectivity index (χ0n) is 12.5. The lowest BCUT2D eigenvalue weighted by atomic mass is 10.1. The molecule has 0 saturated heterocycles. The van der Waals surface area contributed by atoms with Gasteiger partial charge in [-0.2, -0.15) is 0 Å². The van der Waals surface area contributed by atoms with Gasteiger partial charge in [0.1, 0.15) is 12.4 Å². The van der Waals surface area contributed by atoms with E-state index in [1.807, 2.05) is 32.0 Å². The van der Waals surface area contributed by atoms with Crippen LogP contribution in [0.25, 0.3) is 0 Å². The zero-order chi connectivity index (χ0) is 15.2. The van der Waals surface area contributed by atoms with Gasteiger partial charge in [0.15, 0.2) is 0 Å². The average molecular weight is 287 g/mol. The molecule has 2 heterocycles. The van der Waals surface area contributed by atoms with Gasteiger partial charge in [0.25, 0.3) is 5.56 Å². The van der Waals surface area contributed by atoms with E-state index in [1.165, 1.54) is 6.07 Å². The summed E-state index contributed by atoms with van der Waals surface area (Å²) in [7, 11) is 0. The summed E-state index contributed by atoms with van der Waals surface area (Å²) >= 11 is 0. The molecule has 0 aliphatic heterocycles. The molecule has 5 heteroatoms. The summed E-state index contributed by atoms with van der Waals surface area (Å²) in [4.78, 5) is 16.1. The molecule has 112 valence electrons. The lowest BCUT2D eigenvalue weighted by Crippen LogP contribution is -2.22. The van der Waals surface area contributed by atoms with Gasteiger partial charge in [0.05, 0.1) is 12.2 Å². The molecule has 0 fully saturated rings. The molecule has 1 unspecified atom stereocenters. The van der Waals surface area contributed by atoms with Gasteiger partial charge in [-0.3, -0.25) is 9.78 Å². The molecule has 2 aromatic rings. The maximum atomic E-state index is 11.6. The highest BCUT2D eigenvalue weighted by atomic mass is 16.5. The van der Waals surface area contributed by atoms with Crippen molar-refractivity contribution < 1.29 is 4.74 Å². The quantitative estimate of drug-likeness (QED) is 0.874. The molecule has 0 amide bonds. The van der Waals surface area contributed by atoms with Crippen LogP contribution in [0, 0.1) is 6.92 Å². The first kappa shape index (κ1) is 15.3. The van der Waals surface area contributed by atoms with Crippen LogP contribution in [0.3, 0.4) is 0 Å². The highest BCUT2D eigenvalue weighted by molar-refractivity contribution is 5.29. The van der Waals surface area contributed by atoms with Crippen LogP contribution < -0.4 is 16.0 Å². The van der Waals surface area contributed by atoms with Gasteiger partial charge in [-0.15, -0.1) is 0 Å². The minimum absolute atomic E-state index is 0.0263. The molecule has 0 aliphatic carbocycles. The van der Waals surface area contributed by atoms with E-state index in [0.717, 1.165) is 17.1 Å². The molecule has 1 atom stereocenters. The van der Waals surface area contributed by atoms with Crippen molar-refractivity contribution in [3.05, 3.63) is 58.3 Å². The number of aromatic nitrogens is 2. The Hall–Kier alpha value is -2.14. The van der Waals surface area contributed by atoms with Crippen molar-refractivity contribution >= 4 is 0 Å². The van der Waals surface area contributed by atoms with E-state index in [4.69, 9.17) is 10.5 Å². The van der Waals surface area contributed by atoms with Crippen LogP contribution in [0.1, 0.15) is 18.3 Å². The minimum atomic E-state index is -0.0288. The fourth-order valence-electron chi connectivity index (χ4n) is 2.08. The molecule has 2 N–H and O–H groups in total. The van der Waals surface area contributed by atoms with E-state index in [2.05, 4.69) is 4.98 Å². The lowest BCUT2D eigenvalue weighted by Gasteiger charge is -2.13. The minimum Gasteiger partial charge on any atom is -0.490 e. The van der Waals surface area contributed by atoms with Crippen LogP contribution in [-0.2, 0) is 13.0 Å². The second-order valence-corrected chi connectivity index (χ2v) is 5.16. The monoisotopic (exact) mass is 287 g/mol. The number of hydrogen-bond acceptors (Lipinski definition) is 4. The van der Waals surface area contributed by atoms with E-state index in [0.29, 0.717) is 19.6 Å². The van der Waals surface area contributed by atoms with Crippen LogP contribution in [-0.4, -0.2) is 22.2 Å². The van der Waals surface area contributed by atoms with Crippen molar-refractivity contribution in [2.45, 2.75) is 32.9 Å². The van der Waals surface area contributed by atoms with E-state index in [-0.39, 0.29) is 11.6 Å². The summed E-state index contributed by atoms with van der Waals surface area (Å²) in [6.45, 7) is 4.81. The number of rotatable bonds is 6. The predicted molar refractivity (Wildman–Crippen MR) is 82.5 cm³/mol. The summed E-state index contributed by atoms with van der Waals surface area (Å²) in [5.74, 6) is 0.738. The maximum Gasteiger partial charge on any atom is 0.250 e. The number of pyridine rings is 2. The fraction of sp³-hybridized carbons (Fsp3) is 0.375. The van der Waals surface area contributed by atoms with Crippen molar-refractivity contribution in [3.63, 3.8) is 0 Å². The summed E-state index contributed by atoms with van der Waals surface area (Å²) in [6, 6.07) is 8.94. The van der Waals surface area contributed by atoms with E-state index in [1.54, 1.807) is 16.8 Å². The Balaban J connectivity index is 2.03. The fourth-order valence-corrected chi connectivity index (χ4v) is 2.08. The maximum absolute atomic E-state index is 11.6. The lowest BCUT2D eigenvalue weighted by molar-refractivity contribution is 0.291. The van der Waals surface area contributed by atoms with Crippen LogP contribution in [0.15, 0.2) is 41.3 Å². The SMILES string of the molecule is Cc1ccc(OCCn2ccccc2=O)c(CC(C)N)n1. The summed E-state index contributed by atoms with van der Waals surface area (Å²) in [5, 5.41) is 0. The van der Waals surface area contributed by atoms with Crippen LogP contribution in [0.2, 0.25) is 0 Å². The molecule has 2 rings (SSSR count). The molecular weight excluding hydrogens is 266 g/mol. The normalized spacial score (nSPS) is 12.1. The highest BCUT2D eigenvalue weighted by Gasteiger charge is 2.08. The molecule has 0 radical (unpaired) electrons. The molecule has 0 aromatic carbocycles. The summed E-state index contributed by atoms with van der Waals surface area (Å²) in [6.07, 6.45) is 2.42. The van der Waals surface area contributed by atoms with Crippen molar-refractivity contribution in [2.75, 3.05) is 6.61 Å². The standard InChI is InChI=1S/C16H21N3O2/c1-12(17)11-14-15(7-6-13(2)18-14)21-10-9-19-8-4-3-5-16(19)20/h3-8,12H,9-11,17H2,1-2H3. The number of nitrogens with two attached hydrogens (primary N) is 1. The Morgan fingerprint density at radius 2 is 2.14 bits per heavy atom. The Morgan fingerprint density at radius 3 is 2.86 bits per heavy atom. The van der Waals surface area contributed by atoms with Crippen molar-refractivity contribution in [1.29, 1.82) is 0 Å². The first-order valence-corrected chi connectivity index (χ1v) is 7.06. The molecule has 0 bridgehead atoms. The highest BCUT2D eigenvalue weighted by Crippen LogP contribution is 2.18. The van der Waals surface area contributed by atoms with Crippen molar-refractivity contribution in [3.8, 4) is 5.75 Å². The van der Waals surface area contributed by atoms with Gasteiger partial charge in [-0.1, -0.05) is 6.07 Å². The van der Waals surface area contributed by atoms with Crippen LogP contribution in [0.5, 0.6) is 5.75 Å².